The number of aliphatic imine (C=N–C) groups is 1. The maximum Gasteiger partial charge on any atom is 0.191 e. The van der Waals surface area contributed by atoms with E-state index in [1.165, 1.54) is 0 Å². The van der Waals surface area contributed by atoms with Crippen LogP contribution in [0.5, 0.6) is 0 Å². The maximum atomic E-state index is 5.87. The molecule has 2 fully saturated rings. The van der Waals surface area contributed by atoms with Crippen LogP contribution in [0.25, 0.3) is 0 Å². The molecule has 134 valence electrons. The molecule has 0 radical (unpaired) electrons. The van der Waals surface area contributed by atoms with Crippen molar-refractivity contribution >= 4 is 5.96 Å². The quantitative estimate of drug-likeness (QED) is 0.639. The smallest absolute Gasteiger partial charge is 0.191 e. The van der Waals surface area contributed by atoms with Crippen LogP contribution in [0, 0.1) is 17.3 Å². The van der Waals surface area contributed by atoms with Crippen LogP contribution >= 0.6 is 0 Å². The molecular formula is C18H31N5O. The fourth-order valence-corrected chi connectivity index (χ4v) is 4.19. The minimum Gasteiger partial charge on any atom is -0.377 e. The Bertz CT molecular complexity index is 592. The molecule has 1 saturated heterocycles. The summed E-state index contributed by atoms with van der Waals surface area (Å²) in [5.41, 5.74) is 0.148. The normalized spacial score (nSPS) is 28.6. The Morgan fingerprint density at radius 3 is 3.00 bits per heavy atom. The van der Waals surface area contributed by atoms with Crippen LogP contribution in [-0.4, -0.2) is 41.3 Å². The summed E-state index contributed by atoms with van der Waals surface area (Å²) < 4.78 is 8.08. The summed E-state index contributed by atoms with van der Waals surface area (Å²) >= 11 is 0. The van der Waals surface area contributed by atoms with Crippen molar-refractivity contribution < 1.29 is 4.74 Å². The van der Waals surface area contributed by atoms with Crippen LogP contribution < -0.4 is 10.6 Å². The van der Waals surface area contributed by atoms with Gasteiger partial charge < -0.3 is 19.9 Å². The van der Waals surface area contributed by atoms with Gasteiger partial charge in [0.05, 0.1) is 12.6 Å². The molecule has 0 aromatic carbocycles. The van der Waals surface area contributed by atoms with Crippen molar-refractivity contribution in [3.8, 4) is 0 Å². The van der Waals surface area contributed by atoms with E-state index < -0.39 is 0 Å². The molecule has 2 heterocycles. The molecule has 1 aliphatic heterocycles. The number of nitrogens with zero attached hydrogens (tertiary/aromatic N) is 3. The number of guanidine groups is 1. The fourth-order valence-electron chi connectivity index (χ4n) is 4.19. The summed E-state index contributed by atoms with van der Waals surface area (Å²) in [5, 5.41) is 7.03. The van der Waals surface area contributed by atoms with Crippen molar-refractivity contribution in [1.82, 2.24) is 20.2 Å². The van der Waals surface area contributed by atoms with E-state index in [-0.39, 0.29) is 5.41 Å². The first kappa shape index (κ1) is 17.3. The monoisotopic (exact) mass is 333 g/mol. The number of hydrogen-bond donors (Lipinski definition) is 2. The molecule has 0 bridgehead atoms. The third kappa shape index (κ3) is 3.16. The maximum absolute atomic E-state index is 5.87. The molecular weight excluding hydrogens is 302 g/mol. The zero-order chi connectivity index (χ0) is 17.3. The molecule has 2 aliphatic rings. The van der Waals surface area contributed by atoms with Crippen LogP contribution in [0.2, 0.25) is 0 Å². The minimum atomic E-state index is 0.148. The zero-order valence-corrected chi connectivity index (χ0v) is 15.5. The predicted molar refractivity (Wildman–Crippen MR) is 95.8 cm³/mol. The molecule has 1 saturated carbocycles. The lowest BCUT2D eigenvalue weighted by molar-refractivity contribution is -0.106. The molecule has 0 amide bonds. The molecule has 1 aliphatic carbocycles. The summed E-state index contributed by atoms with van der Waals surface area (Å²) in [4.78, 5) is 8.86. The van der Waals surface area contributed by atoms with Gasteiger partial charge in [0, 0.05) is 50.0 Å². The van der Waals surface area contributed by atoms with Gasteiger partial charge in [-0.25, -0.2) is 4.98 Å². The van der Waals surface area contributed by atoms with Gasteiger partial charge in [0.25, 0.3) is 0 Å². The fraction of sp³-hybridized carbons (Fsp3) is 0.778. The van der Waals surface area contributed by atoms with Gasteiger partial charge >= 0.3 is 0 Å². The highest BCUT2D eigenvalue weighted by Crippen LogP contribution is 2.52. The highest BCUT2D eigenvalue weighted by atomic mass is 16.5. The van der Waals surface area contributed by atoms with Crippen molar-refractivity contribution in [1.29, 1.82) is 0 Å². The first-order valence-electron chi connectivity index (χ1n) is 9.02. The van der Waals surface area contributed by atoms with Crippen molar-refractivity contribution in [2.45, 2.75) is 59.4 Å². The average Bonchev–Trinajstić information content (AvgIpc) is 3.15. The molecule has 0 spiro atoms. The predicted octanol–water partition coefficient (Wildman–Crippen LogP) is 2.02. The third-order valence-corrected chi connectivity index (χ3v) is 5.39. The number of nitrogens with one attached hydrogen (secondary N) is 2. The molecule has 1 aromatic rings. The van der Waals surface area contributed by atoms with E-state index >= 15 is 0 Å². The molecule has 24 heavy (non-hydrogen) atoms. The minimum absolute atomic E-state index is 0.148. The summed E-state index contributed by atoms with van der Waals surface area (Å²) in [7, 11) is 1.82. The molecule has 2 N–H and O–H groups in total. The van der Waals surface area contributed by atoms with Crippen LogP contribution in [0.4, 0.5) is 0 Å². The first-order valence-corrected chi connectivity index (χ1v) is 9.02. The number of rotatable bonds is 5. The number of aromatic nitrogens is 2. The number of hydrogen-bond acceptors (Lipinski definition) is 3. The summed E-state index contributed by atoms with van der Waals surface area (Å²) in [6.07, 6.45) is 5.44. The van der Waals surface area contributed by atoms with E-state index in [2.05, 4.69) is 52.9 Å². The van der Waals surface area contributed by atoms with Gasteiger partial charge in [-0.2, -0.15) is 0 Å². The number of imidazole rings is 1. The molecule has 3 unspecified atom stereocenters. The molecule has 6 heteroatoms. The van der Waals surface area contributed by atoms with E-state index in [4.69, 9.17) is 4.74 Å². The van der Waals surface area contributed by atoms with Crippen LogP contribution in [0.15, 0.2) is 17.4 Å². The van der Waals surface area contributed by atoms with E-state index in [1.807, 2.05) is 19.4 Å². The standard InChI is InChI=1S/C18H31N5O/c1-12(2)11-23-8-7-20-14(23)10-21-17(19-5)22-15-13-6-9-24-16(13)18(15,3)4/h7-8,12-13,15-16H,6,9-11H2,1-5H3,(H2,19,21,22). The van der Waals surface area contributed by atoms with Gasteiger partial charge in [0.15, 0.2) is 5.96 Å². The average molecular weight is 333 g/mol. The summed E-state index contributed by atoms with van der Waals surface area (Å²) in [6.45, 7) is 11.5. The zero-order valence-electron chi connectivity index (χ0n) is 15.5. The highest BCUT2D eigenvalue weighted by molar-refractivity contribution is 5.80. The number of ether oxygens (including phenoxy) is 1. The second kappa shape index (κ2) is 6.75. The Morgan fingerprint density at radius 2 is 2.29 bits per heavy atom. The summed E-state index contributed by atoms with van der Waals surface area (Å²) in [5.74, 6) is 3.09. The van der Waals surface area contributed by atoms with Crippen molar-refractivity contribution in [3.05, 3.63) is 18.2 Å². The first-order chi connectivity index (χ1) is 11.4. The molecule has 3 atom stereocenters. The van der Waals surface area contributed by atoms with E-state index in [1.54, 1.807) is 0 Å². The van der Waals surface area contributed by atoms with Gasteiger partial charge in [-0.1, -0.05) is 27.7 Å². The molecule has 3 rings (SSSR count). The third-order valence-electron chi connectivity index (χ3n) is 5.39. The van der Waals surface area contributed by atoms with Crippen LogP contribution in [-0.2, 0) is 17.8 Å². The van der Waals surface area contributed by atoms with Gasteiger partial charge in [0.1, 0.15) is 5.82 Å². The second-order valence-electron chi connectivity index (χ2n) is 8.00. The lowest BCUT2D eigenvalue weighted by atomic mass is 9.57. The summed E-state index contributed by atoms with van der Waals surface area (Å²) in [6, 6.07) is 0.409. The van der Waals surface area contributed by atoms with Gasteiger partial charge in [-0.05, 0) is 12.3 Å². The van der Waals surface area contributed by atoms with E-state index in [9.17, 15) is 0 Å². The molecule has 6 nitrogen and oxygen atoms in total. The lowest BCUT2D eigenvalue weighted by Gasteiger charge is -2.54. The van der Waals surface area contributed by atoms with E-state index in [0.29, 0.717) is 30.5 Å². The number of fused-ring (bicyclic) bond motifs is 1. The SMILES string of the molecule is CN=C(NCc1nccn1CC(C)C)NC1C2CCOC2C1(C)C. The van der Waals surface area contributed by atoms with Crippen molar-refractivity contribution in [2.75, 3.05) is 13.7 Å². The van der Waals surface area contributed by atoms with Gasteiger partial charge in [0.2, 0.25) is 0 Å². The topological polar surface area (TPSA) is 63.5 Å². The van der Waals surface area contributed by atoms with Gasteiger partial charge in [-0.3, -0.25) is 4.99 Å². The Hall–Kier alpha value is -1.56. The highest BCUT2D eigenvalue weighted by Gasteiger charge is 2.59. The van der Waals surface area contributed by atoms with E-state index in [0.717, 1.165) is 31.4 Å². The lowest BCUT2D eigenvalue weighted by Crippen LogP contribution is -2.67. The molecule has 1 aromatic heterocycles. The Labute approximate surface area is 145 Å². The largest absolute Gasteiger partial charge is 0.377 e. The Kier molecular flexibility index (Phi) is 4.85. The Balaban J connectivity index is 1.57. The van der Waals surface area contributed by atoms with Crippen molar-refractivity contribution in [2.24, 2.45) is 22.2 Å². The Morgan fingerprint density at radius 1 is 1.50 bits per heavy atom. The van der Waals surface area contributed by atoms with Crippen LogP contribution in [0.1, 0.15) is 39.9 Å². The van der Waals surface area contributed by atoms with Crippen LogP contribution in [0.3, 0.4) is 0 Å². The van der Waals surface area contributed by atoms with Crippen molar-refractivity contribution in [3.63, 3.8) is 0 Å². The van der Waals surface area contributed by atoms with Gasteiger partial charge in [-0.15, -0.1) is 0 Å². The second-order valence-corrected chi connectivity index (χ2v) is 8.00.